The van der Waals surface area contributed by atoms with Crippen molar-refractivity contribution in [2.75, 3.05) is 14.2 Å². The fourth-order valence-electron chi connectivity index (χ4n) is 1.13. The van der Waals surface area contributed by atoms with E-state index < -0.39 is 5.97 Å². The molecule has 0 aliphatic heterocycles. The normalized spacial score (nSPS) is 11.0. The molecule has 0 radical (unpaired) electrons. The second-order valence-corrected chi connectivity index (χ2v) is 2.75. The molecule has 0 fully saturated rings. The minimum atomic E-state index is -0.395. The van der Waals surface area contributed by atoms with Crippen LogP contribution in [0.2, 0.25) is 0 Å². The molecule has 0 aliphatic carbocycles. The summed E-state index contributed by atoms with van der Waals surface area (Å²) < 4.78 is 4.56. The molecule has 0 spiro atoms. The Kier molecular flexibility index (Phi) is 3.82. The molecule has 0 atom stereocenters. The lowest BCUT2D eigenvalue weighted by atomic mass is 10.1. The summed E-state index contributed by atoms with van der Waals surface area (Å²) in [5, 5.41) is 8.73. The van der Waals surface area contributed by atoms with Gasteiger partial charge in [0.1, 0.15) is 0 Å². The Morgan fingerprint density at radius 1 is 1.33 bits per heavy atom. The summed E-state index contributed by atoms with van der Waals surface area (Å²) in [7, 11) is 2.87. The molecular formula is C10H12N2O3. The molecular weight excluding hydrogens is 196 g/mol. The van der Waals surface area contributed by atoms with Gasteiger partial charge in [0.25, 0.3) is 0 Å². The molecule has 1 aromatic carbocycles. The Morgan fingerprint density at radius 2 is 1.87 bits per heavy atom. The van der Waals surface area contributed by atoms with E-state index in [1.165, 1.54) is 7.11 Å². The summed E-state index contributed by atoms with van der Waals surface area (Å²) in [5.41, 5.74) is 3.11. The van der Waals surface area contributed by atoms with Crippen LogP contribution in [0.5, 0.6) is 0 Å². The highest BCUT2D eigenvalue weighted by Crippen LogP contribution is 2.05. The Labute approximate surface area is 87.4 Å². The second-order valence-electron chi connectivity index (χ2n) is 2.75. The van der Waals surface area contributed by atoms with Crippen molar-refractivity contribution >= 4 is 11.8 Å². The van der Waals surface area contributed by atoms with Crippen LogP contribution in [0, 0.1) is 0 Å². The van der Waals surface area contributed by atoms with Crippen LogP contribution in [-0.4, -0.2) is 31.2 Å². The van der Waals surface area contributed by atoms with Gasteiger partial charge in [0, 0.05) is 12.6 Å². The Balaban J connectivity index is 2.94. The molecule has 0 bridgehead atoms. The second kappa shape index (κ2) is 5.11. The highest BCUT2D eigenvalue weighted by atomic mass is 16.5. The first-order chi connectivity index (χ1) is 7.22. The summed E-state index contributed by atoms with van der Waals surface area (Å²) >= 11 is 0. The maximum absolute atomic E-state index is 11.1. The van der Waals surface area contributed by atoms with Crippen molar-refractivity contribution in [2.24, 2.45) is 4.99 Å². The Morgan fingerprint density at radius 3 is 2.27 bits per heavy atom. The zero-order valence-corrected chi connectivity index (χ0v) is 8.52. The quantitative estimate of drug-likeness (QED) is 0.327. The third-order valence-corrected chi connectivity index (χ3v) is 1.91. The number of nitrogens with zero attached hydrogens (tertiary/aromatic N) is 1. The van der Waals surface area contributed by atoms with Gasteiger partial charge in [-0.25, -0.2) is 4.79 Å². The number of rotatable bonds is 2. The molecule has 0 saturated heterocycles. The van der Waals surface area contributed by atoms with E-state index >= 15 is 0 Å². The van der Waals surface area contributed by atoms with Crippen molar-refractivity contribution in [3.8, 4) is 0 Å². The van der Waals surface area contributed by atoms with Crippen molar-refractivity contribution in [1.82, 2.24) is 5.48 Å². The van der Waals surface area contributed by atoms with Crippen LogP contribution in [0.1, 0.15) is 15.9 Å². The molecule has 2 N–H and O–H groups in total. The number of methoxy groups -OCH3 is 1. The molecule has 1 rings (SSSR count). The molecule has 0 amide bonds. The first-order valence-electron chi connectivity index (χ1n) is 4.28. The zero-order valence-electron chi connectivity index (χ0n) is 8.52. The summed E-state index contributed by atoms with van der Waals surface area (Å²) in [6.07, 6.45) is 0. The third kappa shape index (κ3) is 2.54. The van der Waals surface area contributed by atoms with E-state index in [1.54, 1.807) is 31.3 Å². The van der Waals surface area contributed by atoms with Crippen molar-refractivity contribution < 1.29 is 14.7 Å². The third-order valence-electron chi connectivity index (χ3n) is 1.91. The number of hydrogen-bond acceptors (Lipinski definition) is 4. The van der Waals surface area contributed by atoms with Gasteiger partial charge in [0.05, 0.1) is 12.7 Å². The van der Waals surface area contributed by atoms with Gasteiger partial charge in [-0.05, 0) is 12.1 Å². The van der Waals surface area contributed by atoms with E-state index in [2.05, 4.69) is 9.73 Å². The van der Waals surface area contributed by atoms with Gasteiger partial charge in [0.15, 0.2) is 5.84 Å². The molecule has 0 heterocycles. The van der Waals surface area contributed by atoms with Crippen molar-refractivity contribution in [3.63, 3.8) is 0 Å². The topological polar surface area (TPSA) is 70.9 Å². The van der Waals surface area contributed by atoms with E-state index in [0.717, 1.165) is 0 Å². The molecule has 15 heavy (non-hydrogen) atoms. The summed E-state index contributed by atoms with van der Waals surface area (Å²) in [5.74, 6) is -0.0556. The zero-order chi connectivity index (χ0) is 11.3. The molecule has 80 valence electrons. The average molecular weight is 208 g/mol. The van der Waals surface area contributed by atoms with E-state index in [9.17, 15) is 4.79 Å². The van der Waals surface area contributed by atoms with Gasteiger partial charge in [-0.3, -0.25) is 15.7 Å². The number of ether oxygens (including phenoxy) is 1. The maximum Gasteiger partial charge on any atom is 0.337 e. The van der Waals surface area contributed by atoms with Crippen LogP contribution in [0.25, 0.3) is 0 Å². The lowest BCUT2D eigenvalue weighted by molar-refractivity contribution is 0.0601. The standard InChI is InChI=1S/C10H12N2O3/c1-11-9(12-14)7-3-5-8(6-4-7)10(13)15-2/h3-6,14H,1-2H3,(H,11,12). The van der Waals surface area contributed by atoms with Crippen molar-refractivity contribution in [3.05, 3.63) is 35.4 Å². The average Bonchev–Trinajstić information content (AvgIpc) is 2.30. The van der Waals surface area contributed by atoms with Gasteiger partial charge >= 0.3 is 5.97 Å². The van der Waals surface area contributed by atoms with Gasteiger partial charge in [-0.2, -0.15) is 0 Å². The van der Waals surface area contributed by atoms with Crippen LogP contribution in [0.3, 0.4) is 0 Å². The molecule has 0 aliphatic rings. The van der Waals surface area contributed by atoms with Gasteiger partial charge in [-0.1, -0.05) is 12.1 Å². The number of amidine groups is 1. The van der Waals surface area contributed by atoms with Crippen LogP contribution < -0.4 is 5.48 Å². The molecule has 0 aromatic heterocycles. The molecule has 5 nitrogen and oxygen atoms in total. The number of esters is 1. The maximum atomic E-state index is 11.1. The van der Waals surface area contributed by atoms with Crippen LogP contribution in [-0.2, 0) is 4.74 Å². The largest absolute Gasteiger partial charge is 0.465 e. The molecule has 0 saturated carbocycles. The summed E-state index contributed by atoms with van der Waals surface area (Å²) in [4.78, 5) is 14.9. The van der Waals surface area contributed by atoms with Crippen molar-refractivity contribution in [1.29, 1.82) is 0 Å². The minimum absolute atomic E-state index is 0.339. The van der Waals surface area contributed by atoms with E-state index in [1.807, 2.05) is 5.48 Å². The molecule has 0 unspecified atom stereocenters. The number of nitrogens with one attached hydrogen (secondary N) is 1. The fourth-order valence-corrected chi connectivity index (χ4v) is 1.13. The number of carbonyl (C=O) groups excluding carboxylic acids is 1. The number of hydrogen-bond donors (Lipinski definition) is 2. The number of aliphatic imine (C=N–C) groups is 1. The molecule has 1 aromatic rings. The SMILES string of the molecule is CN=C(NO)c1ccc(C(=O)OC)cc1. The highest BCUT2D eigenvalue weighted by Gasteiger charge is 2.06. The lowest BCUT2D eigenvalue weighted by Gasteiger charge is -2.04. The highest BCUT2D eigenvalue weighted by molar-refractivity contribution is 5.99. The minimum Gasteiger partial charge on any atom is -0.465 e. The van der Waals surface area contributed by atoms with Gasteiger partial charge < -0.3 is 4.74 Å². The van der Waals surface area contributed by atoms with E-state index in [0.29, 0.717) is 17.0 Å². The predicted molar refractivity (Wildman–Crippen MR) is 55.2 cm³/mol. The fraction of sp³-hybridized carbons (Fsp3) is 0.200. The van der Waals surface area contributed by atoms with Gasteiger partial charge in [-0.15, -0.1) is 0 Å². The van der Waals surface area contributed by atoms with Crippen molar-refractivity contribution in [2.45, 2.75) is 0 Å². The Bertz CT molecular complexity index is 371. The number of benzene rings is 1. The smallest absolute Gasteiger partial charge is 0.337 e. The summed E-state index contributed by atoms with van der Waals surface area (Å²) in [6.45, 7) is 0. The van der Waals surface area contributed by atoms with E-state index in [4.69, 9.17) is 5.21 Å². The number of carbonyl (C=O) groups is 1. The number of hydroxylamine groups is 1. The Hall–Kier alpha value is -1.88. The van der Waals surface area contributed by atoms with E-state index in [-0.39, 0.29) is 0 Å². The lowest BCUT2D eigenvalue weighted by Crippen LogP contribution is -2.20. The van der Waals surface area contributed by atoms with Crippen LogP contribution in [0.4, 0.5) is 0 Å². The van der Waals surface area contributed by atoms with Gasteiger partial charge in [0.2, 0.25) is 0 Å². The van der Waals surface area contributed by atoms with Crippen LogP contribution >= 0.6 is 0 Å². The summed E-state index contributed by atoms with van der Waals surface area (Å²) in [6, 6.07) is 6.53. The van der Waals surface area contributed by atoms with Crippen LogP contribution in [0.15, 0.2) is 29.3 Å². The molecule has 5 heteroatoms. The first kappa shape index (κ1) is 11.2. The monoisotopic (exact) mass is 208 g/mol. The predicted octanol–water partition coefficient (Wildman–Crippen LogP) is 0.828. The first-order valence-corrected chi connectivity index (χ1v) is 4.28.